The van der Waals surface area contributed by atoms with Crippen molar-refractivity contribution < 1.29 is 18.7 Å². The molecule has 0 saturated heterocycles. The molecule has 3 aromatic heterocycles. The number of carbonyl (C=O) groups is 1. The minimum atomic E-state index is -0.509. The van der Waals surface area contributed by atoms with Crippen LogP contribution in [0.25, 0.3) is 33.4 Å². The number of methoxy groups -OCH3 is 1. The number of hydrogen-bond acceptors (Lipinski definition) is 5. The van der Waals surface area contributed by atoms with Crippen LogP contribution in [0, 0.1) is 5.82 Å². The molecule has 152 valence electrons. The molecule has 0 amide bonds. The van der Waals surface area contributed by atoms with Gasteiger partial charge in [0, 0.05) is 41.1 Å². The van der Waals surface area contributed by atoms with Gasteiger partial charge in [0.25, 0.3) is 0 Å². The summed E-state index contributed by atoms with van der Waals surface area (Å²) < 4.78 is 28.3. The van der Waals surface area contributed by atoms with Crippen molar-refractivity contribution in [3.63, 3.8) is 0 Å². The predicted molar refractivity (Wildman–Crippen MR) is 111 cm³/mol. The lowest BCUT2D eigenvalue weighted by molar-refractivity contribution is 0.0602. The maximum atomic E-state index is 15.5. The largest absolute Gasteiger partial charge is 0.465 e. The molecule has 30 heavy (non-hydrogen) atoms. The van der Waals surface area contributed by atoms with E-state index in [4.69, 9.17) is 9.47 Å². The van der Waals surface area contributed by atoms with Gasteiger partial charge >= 0.3 is 5.97 Å². The second kappa shape index (κ2) is 7.33. The van der Waals surface area contributed by atoms with Crippen LogP contribution < -0.4 is 0 Å². The minimum absolute atomic E-state index is 0.302. The fraction of sp³-hybridized carbons (Fsp3) is 0.190. The van der Waals surface area contributed by atoms with Crippen molar-refractivity contribution in [3.05, 3.63) is 58.5 Å². The van der Waals surface area contributed by atoms with Crippen LogP contribution in [0.1, 0.15) is 16.2 Å². The summed E-state index contributed by atoms with van der Waals surface area (Å²) in [5.74, 6) is -0.126. The Morgan fingerprint density at radius 3 is 3.00 bits per heavy atom. The first-order chi connectivity index (χ1) is 14.6. The number of nitrogens with one attached hydrogen (secondary N) is 1. The predicted octanol–water partition coefficient (Wildman–Crippen LogP) is 4.31. The summed E-state index contributed by atoms with van der Waals surface area (Å²) in [6, 6.07) is 6.89. The zero-order valence-electron chi connectivity index (χ0n) is 15.9. The van der Waals surface area contributed by atoms with E-state index in [2.05, 4.69) is 30.9 Å². The molecule has 5 rings (SSSR count). The van der Waals surface area contributed by atoms with Crippen LogP contribution in [0.2, 0.25) is 0 Å². The highest BCUT2D eigenvalue weighted by Crippen LogP contribution is 2.34. The third-order valence-electron chi connectivity index (χ3n) is 5.16. The number of fused-ring (bicyclic) bond motifs is 2. The number of pyridine rings is 1. The Bertz CT molecular complexity index is 1270. The number of nitrogens with zero attached hydrogens (tertiary/aromatic N) is 3. The fourth-order valence-electron chi connectivity index (χ4n) is 3.66. The smallest absolute Gasteiger partial charge is 0.340 e. The molecule has 1 N–H and O–H groups in total. The number of aromatic amines is 1. The third-order valence-corrected chi connectivity index (χ3v) is 5.76. The van der Waals surface area contributed by atoms with Crippen molar-refractivity contribution in [2.75, 3.05) is 13.7 Å². The van der Waals surface area contributed by atoms with Gasteiger partial charge in [0.15, 0.2) is 0 Å². The molecular formula is C21H16BrFN4O3. The van der Waals surface area contributed by atoms with Crippen molar-refractivity contribution in [2.45, 2.75) is 13.2 Å². The number of benzene rings is 1. The molecule has 1 aliphatic heterocycles. The van der Waals surface area contributed by atoms with Crippen LogP contribution in [-0.4, -0.2) is 39.2 Å². The molecule has 0 fully saturated rings. The molecule has 4 heterocycles. The molecule has 0 atom stereocenters. The number of carbonyl (C=O) groups excluding carboxylic acids is 1. The quantitative estimate of drug-likeness (QED) is 0.356. The number of H-pyrrole nitrogens is 1. The van der Waals surface area contributed by atoms with Gasteiger partial charge in [0.1, 0.15) is 22.9 Å². The fourth-order valence-corrected chi connectivity index (χ4v) is 4.07. The van der Waals surface area contributed by atoms with Crippen LogP contribution >= 0.6 is 15.9 Å². The monoisotopic (exact) mass is 470 g/mol. The lowest BCUT2D eigenvalue weighted by atomic mass is 10.0. The number of halogens is 2. The maximum absolute atomic E-state index is 15.5. The maximum Gasteiger partial charge on any atom is 0.340 e. The number of imidazole rings is 1. The van der Waals surface area contributed by atoms with Crippen LogP contribution in [0.3, 0.4) is 0 Å². The average Bonchev–Trinajstić information content (AvgIpc) is 3.38. The number of aromatic nitrogens is 4. The van der Waals surface area contributed by atoms with Gasteiger partial charge in [-0.05, 0) is 34.1 Å². The summed E-state index contributed by atoms with van der Waals surface area (Å²) >= 11 is 3.38. The summed E-state index contributed by atoms with van der Waals surface area (Å²) in [6.45, 7) is 1.73. The van der Waals surface area contributed by atoms with E-state index in [1.807, 2.05) is 10.8 Å². The Morgan fingerprint density at radius 1 is 1.37 bits per heavy atom. The second-order valence-corrected chi connectivity index (χ2v) is 7.63. The zero-order valence-corrected chi connectivity index (χ0v) is 17.5. The first kappa shape index (κ1) is 19.0. The zero-order chi connectivity index (χ0) is 20.8. The van der Waals surface area contributed by atoms with E-state index < -0.39 is 11.8 Å². The Balaban J connectivity index is 1.64. The van der Waals surface area contributed by atoms with E-state index in [-0.39, 0.29) is 0 Å². The van der Waals surface area contributed by atoms with E-state index in [0.717, 1.165) is 5.82 Å². The second-order valence-electron chi connectivity index (χ2n) is 6.88. The molecule has 0 radical (unpaired) electrons. The first-order valence-corrected chi connectivity index (χ1v) is 10.0. The third kappa shape index (κ3) is 3.01. The molecule has 1 aromatic carbocycles. The number of ether oxygens (including phenoxy) is 2. The lowest BCUT2D eigenvalue weighted by Gasteiger charge is -2.13. The van der Waals surface area contributed by atoms with Gasteiger partial charge in [-0.25, -0.2) is 19.2 Å². The molecule has 0 bridgehead atoms. The van der Waals surface area contributed by atoms with E-state index in [1.54, 1.807) is 24.3 Å². The number of hydrogen-bond donors (Lipinski definition) is 1. The normalized spacial score (nSPS) is 13.4. The summed E-state index contributed by atoms with van der Waals surface area (Å²) in [7, 11) is 1.31. The molecule has 0 saturated carbocycles. The van der Waals surface area contributed by atoms with Gasteiger partial charge in [-0.15, -0.1) is 0 Å². The van der Waals surface area contributed by atoms with E-state index >= 15 is 4.39 Å². The van der Waals surface area contributed by atoms with E-state index in [9.17, 15) is 4.79 Å². The SMILES string of the molecule is COC(=O)c1cnc(Br)c2[nH]c(-c3cccc(-c4cn5c(n4)COCC5)c3F)cc12. The van der Waals surface area contributed by atoms with Gasteiger partial charge in [-0.1, -0.05) is 6.07 Å². The van der Waals surface area contributed by atoms with Gasteiger partial charge < -0.3 is 19.0 Å². The van der Waals surface area contributed by atoms with E-state index in [0.29, 0.717) is 63.3 Å². The topological polar surface area (TPSA) is 82.0 Å². The van der Waals surface area contributed by atoms with Gasteiger partial charge in [-0.2, -0.15) is 0 Å². The van der Waals surface area contributed by atoms with E-state index in [1.165, 1.54) is 13.3 Å². The average molecular weight is 471 g/mol. The molecule has 0 aliphatic carbocycles. The van der Waals surface area contributed by atoms with Crippen LogP contribution in [0.5, 0.6) is 0 Å². The Labute approximate surface area is 179 Å². The van der Waals surface area contributed by atoms with Crippen molar-refractivity contribution in [1.29, 1.82) is 0 Å². The molecule has 0 spiro atoms. The molecule has 9 heteroatoms. The molecular weight excluding hydrogens is 455 g/mol. The first-order valence-electron chi connectivity index (χ1n) is 9.25. The van der Waals surface area contributed by atoms with Gasteiger partial charge in [0.2, 0.25) is 0 Å². The van der Waals surface area contributed by atoms with Crippen molar-refractivity contribution in [2.24, 2.45) is 0 Å². The van der Waals surface area contributed by atoms with Crippen molar-refractivity contribution in [1.82, 2.24) is 19.5 Å². The Kier molecular flexibility index (Phi) is 4.63. The number of esters is 1. The highest BCUT2D eigenvalue weighted by molar-refractivity contribution is 9.10. The van der Waals surface area contributed by atoms with Crippen LogP contribution in [0.4, 0.5) is 4.39 Å². The standard InChI is InChI=1S/C21H16BrFN4O3/c1-29-21(28)14-8-24-20(22)19-13(14)7-15(26-19)11-3-2-4-12(18(11)23)16-9-27-5-6-30-10-17(27)25-16/h2-4,7-9,26H,5-6,10H2,1H3. The van der Waals surface area contributed by atoms with Gasteiger partial charge in [0.05, 0.1) is 30.5 Å². The highest BCUT2D eigenvalue weighted by atomic mass is 79.9. The summed E-state index contributed by atoms with van der Waals surface area (Å²) in [5, 5.41) is 0.595. The molecule has 4 aromatic rings. The van der Waals surface area contributed by atoms with Gasteiger partial charge in [-0.3, -0.25) is 0 Å². The molecule has 0 unspecified atom stereocenters. The van der Waals surface area contributed by atoms with Crippen LogP contribution in [-0.2, 0) is 22.6 Å². The molecule has 7 nitrogen and oxygen atoms in total. The lowest BCUT2D eigenvalue weighted by Crippen LogP contribution is -2.15. The summed E-state index contributed by atoms with van der Waals surface area (Å²) in [6.07, 6.45) is 3.28. The minimum Gasteiger partial charge on any atom is -0.465 e. The summed E-state index contributed by atoms with van der Waals surface area (Å²) in [5.41, 5.74) is 2.75. The van der Waals surface area contributed by atoms with Crippen molar-refractivity contribution in [3.8, 4) is 22.5 Å². The van der Waals surface area contributed by atoms with Crippen LogP contribution in [0.15, 0.2) is 41.3 Å². The highest BCUT2D eigenvalue weighted by Gasteiger charge is 2.21. The summed E-state index contributed by atoms with van der Waals surface area (Å²) in [4.78, 5) is 24.0. The molecule has 1 aliphatic rings. The Morgan fingerprint density at radius 2 is 2.20 bits per heavy atom. The Hall–Kier alpha value is -3.04. The van der Waals surface area contributed by atoms with Crippen molar-refractivity contribution >= 4 is 32.8 Å². The number of rotatable bonds is 3.